The van der Waals surface area contributed by atoms with Gasteiger partial charge in [0.1, 0.15) is 5.82 Å². The van der Waals surface area contributed by atoms with Gasteiger partial charge in [-0.25, -0.2) is 9.18 Å². The summed E-state index contributed by atoms with van der Waals surface area (Å²) in [7, 11) is -4.27. The van der Waals surface area contributed by atoms with Gasteiger partial charge in [-0.1, -0.05) is 6.07 Å². The summed E-state index contributed by atoms with van der Waals surface area (Å²) >= 11 is 0. The Hall–Kier alpha value is -1.41. The normalized spacial score (nSPS) is 10.1. The molecular weight excluding hydrogens is 221 g/mol. The first-order valence-corrected chi connectivity index (χ1v) is 4.13. The molecule has 0 aliphatic carbocycles. The maximum absolute atomic E-state index is 13.4. The topological polar surface area (TPSA) is 118 Å². The van der Waals surface area contributed by atoms with E-state index in [2.05, 4.69) is 0 Å². The third kappa shape index (κ3) is 2.39. The molecule has 1 aromatic carbocycles. The molecule has 0 atom stereocenters. The van der Waals surface area contributed by atoms with Crippen molar-refractivity contribution in [2.45, 2.75) is 0 Å². The molecule has 9 heteroatoms. The van der Waals surface area contributed by atoms with Crippen molar-refractivity contribution in [1.82, 2.24) is 0 Å². The van der Waals surface area contributed by atoms with Gasteiger partial charge in [0.2, 0.25) is 0 Å². The molecule has 0 saturated heterocycles. The maximum Gasteiger partial charge on any atom is 0.491 e. The lowest BCUT2D eigenvalue weighted by atomic mass is 9.71. The van der Waals surface area contributed by atoms with Gasteiger partial charge in [-0.3, -0.25) is 0 Å². The highest BCUT2D eigenvalue weighted by atomic mass is 19.1. The lowest BCUT2D eigenvalue weighted by Crippen LogP contribution is -2.41. The SMILES string of the molecule is O=C(O)c1cc(B(O)O)cc(B(O)O)c1F. The minimum Gasteiger partial charge on any atom is -0.478 e. The van der Waals surface area contributed by atoms with Crippen molar-refractivity contribution in [1.29, 1.82) is 0 Å². The quantitative estimate of drug-likeness (QED) is 0.349. The van der Waals surface area contributed by atoms with Crippen LogP contribution in [0.15, 0.2) is 12.1 Å². The molecule has 0 aliphatic heterocycles. The maximum atomic E-state index is 13.4. The molecule has 6 nitrogen and oxygen atoms in total. The van der Waals surface area contributed by atoms with Gasteiger partial charge in [0.25, 0.3) is 0 Å². The van der Waals surface area contributed by atoms with Gasteiger partial charge >= 0.3 is 20.2 Å². The Bertz CT molecular complexity index is 422. The first-order chi connectivity index (χ1) is 7.34. The second-order valence-electron chi connectivity index (χ2n) is 3.02. The zero-order valence-corrected chi connectivity index (χ0v) is 7.83. The molecule has 0 spiro atoms. The average Bonchev–Trinajstić information content (AvgIpc) is 2.16. The molecule has 0 fully saturated rings. The van der Waals surface area contributed by atoms with Crippen molar-refractivity contribution in [2.75, 3.05) is 0 Å². The Balaban J connectivity index is 3.45. The minimum atomic E-state index is -2.24. The smallest absolute Gasteiger partial charge is 0.478 e. The second-order valence-corrected chi connectivity index (χ2v) is 3.02. The van der Waals surface area contributed by atoms with Gasteiger partial charge in [-0.15, -0.1) is 0 Å². The molecule has 0 unspecified atom stereocenters. The van der Waals surface area contributed by atoms with E-state index in [-0.39, 0.29) is 5.46 Å². The zero-order chi connectivity index (χ0) is 12.5. The van der Waals surface area contributed by atoms with Crippen LogP contribution >= 0.6 is 0 Å². The van der Waals surface area contributed by atoms with Crippen LogP contribution in [0, 0.1) is 5.82 Å². The van der Waals surface area contributed by atoms with E-state index in [1.807, 2.05) is 0 Å². The highest BCUT2D eigenvalue weighted by molar-refractivity contribution is 6.62. The Labute approximate surface area is 89.9 Å². The van der Waals surface area contributed by atoms with Gasteiger partial charge in [0.05, 0.1) is 5.56 Å². The van der Waals surface area contributed by atoms with Gasteiger partial charge in [0.15, 0.2) is 0 Å². The van der Waals surface area contributed by atoms with Gasteiger partial charge in [-0.2, -0.15) is 0 Å². The first kappa shape index (κ1) is 12.7. The highest BCUT2D eigenvalue weighted by Crippen LogP contribution is 2.04. The summed E-state index contributed by atoms with van der Waals surface area (Å²) in [5, 5.41) is 43.8. The van der Waals surface area contributed by atoms with Crippen LogP contribution in [0.1, 0.15) is 10.4 Å². The van der Waals surface area contributed by atoms with Crippen LogP contribution in [0.3, 0.4) is 0 Å². The lowest BCUT2D eigenvalue weighted by Gasteiger charge is -2.08. The number of carboxylic acids is 1. The molecule has 1 rings (SSSR count). The van der Waals surface area contributed by atoms with Crippen molar-refractivity contribution in [3.05, 3.63) is 23.5 Å². The van der Waals surface area contributed by atoms with Crippen LogP contribution in [0.5, 0.6) is 0 Å². The lowest BCUT2D eigenvalue weighted by molar-refractivity contribution is 0.0692. The van der Waals surface area contributed by atoms with Crippen LogP contribution in [0.4, 0.5) is 4.39 Å². The number of benzene rings is 1. The van der Waals surface area contributed by atoms with Gasteiger partial charge < -0.3 is 25.2 Å². The van der Waals surface area contributed by atoms with Crippen molar-refractivity contribution >= 4 is 31.1 Å². The van der Waals surface area contributed by atoms with E-state index < -0.39 is 37.0 Å². The Morgan fingerprint density at radius 2 is 1.69 bits per heavy atom. The number of aromatic carboxylic acids is 1. The first-order valence-electron chi connectivity index (χ1n) is 4.13. The Kier molecular flexibility index (Phi) is 3.66. The summed E-state index contributed by atoms with van der Waals surface area (Å²) in [4.78, 5) is 10.6. The molecule has 0 radical (unpaired) electrons. The predicted molar refractivity (Wildman–Crippen MR) is 53.0 cm³/mol. The van der Waals surface area contributed by atoms with Crippen LogP contribution in [0.25, 0.3) is 0 Å². The molecular formula is C7H7B2FO6. The summed E-state index contributed by atoms with van der Waals surface area (Å²) in [5.41, 5.74) is -1.95. The van der Waals surface area contributed by atoms with Crippen molar-refractivity contribution in [2.24, 2.45) is 0 Å². The summed E-state index contributed by atoms with van der Waals surface area (Å²) < 4.78 is 13.4. The summed E-state index contributed by atoms with van der Waals surface area (Å²) in [5.74, 6) is -2.98. The molecule has 84 valence electrons. The molecule has 0 saturated carbocycles. The molecule has 0 heterocycles. The third-order valence-electron chi connectivity index (χ3n) is 1.93. The number of halogens is 1. The van der Waals surface area contributed by atoms with Gasteiger partial charge in [-0.05, 0) is 11.5 Å². The zero-order valence-electron chi connectivity index (χ0n) is 7.83. The number of rotatable bonds is 3. The van der Waals surface area contributed by atoms with E-state index in [1.165, 1.54) is 0 Å². The van der Waals surface area contributed by atoms with Crippen molar-refractivity contribution < 1.29 is 34.4 Å². The van der Waals surface area contributed by atoms with E-state index in [1.54, 1.807) is 0 Å². The fourth-order valence-electron chi connectivity index (χ4n) is 1.16. The fraction of sp³-hybridized carbons (Fsp3) is 0. The standard InChI is InChI=1S/C7H7B2FO6/c10-6-4(7(11)12)1-3(8(13)14)2-5(6)9(15)16/h1-2,13-16H,(H,11,12). The monoisotopic (exact) mass is 228 g/mol. The number of hydrogen-bond acceptors (Lipinski definition) is 5. The summed E-state index contributed by atoms with van der Waals surface area (Å²) in [6, 6.07) is 1.46. The fourth-order valence-corrected chi connectivity index (χ4v) is 1.16. The molecule has 0 aliphatic rings. The minimum absolute atomic E-state index is 0.345. The predicted octanol–water partition coefficient (Wildman–Crippen LogP) is -3.12. The average molecular weight is 228 g/mol. The Morgan fingerprint density at radius 1 is 1.12 bits per heavy atom. The van der Waals surface area contributed by atoms with Gasteiger partial charge in [0, 0.05) is 5.46 Å². The molecule has 5 N–H and O–H groups in total. The molecule has 0 bridgehead atoms. The largest absolute Gasteiger partial charge is 0.491 e. The highest BCUT2D eigenvalue weighted by Gasteiger charge is 2.26. The summed E-state index contributed by atoms with van der Waals surface area (Å²) in [6.45, 7) is 0. The van der Waals surface area contributed by atoms with E-state index in [9.17, 15) is 9.18 Å². The van der Waals surface area contributed by atoms with Crippen LogP contribution in [0.2, 0.25) is 0 Å². The van der Waals surface area contributed by atoms with E-state index >= 15 is 0 Å². The summed E-state index contributed by atoms with van der Waals surface area (Å²) in [6.07, 6.45) is 0. The van der Waals surface area contributed by atoms with Crippen molar-refractivity contribution in [3.8, 4) is 0 Å². The van der Waals surface area contributed by atoms with Crippen molar-refractivity contribution in [3.63, 3.8) is 0 Å². The number of carbonyl (C=O) groups is 1. The number of hydrogen-bond donors (Lipinski definition) is 5. The number of carboxylic acid groups (broad SMARTS) is 1. The van der Waals surface area contributed by atoms with E-state index in [4.69, 9.17) is 25.2 Å². The third-order valence-corrected chi connectivity index (χ3v) is 1.93. The van der Waals surface area contributed by atoms with Crippen LogP contribution in [-0.4, -0.2) is 45.4 Å². The van der Waals surface area contributed by atoms with Crippen LogP contribution in [-0.2, 0) is 0 Å². The Morgan fingerprint density at radius 3 is 2.06 bits per heavy atom. The molecule has 1 aromatic rings. The molecule has 0 amide bonds. The second kappa shape index (κ2) is 4.62. The molecule has 16 heavy (non-hydrogen) atoms. The van der Waals surface area contributed by atoms with Crippen LogP contribution < -0.4 is 10.9 Å². The van der Waals surface area contributed by atoms with E-state index in [0.29, 0.717) is 6.07 Å². The molecule has 0 aromatic heterocycles. The van der Waals surface area contributed by atoms with E-state index in [0.717, 1.165) is 6.07 Å².